The zero-order chi connectivity index (χ0) is 20.1. The molecule has 0 atom stereocenters. The van der Waals surface area contributed by atoms with Gasteiger partial charge in [-0.05, 0) is 61.2 Å². The molecule has 1 saturated carbocycles. The molecule has 2 aromatic rings. The highest BCUT2D eigenvalue weighted by Crippen LogP contribution is 2.38. The zero-order valence-corrected chi connectivity index (χ0v) is 16.8. The van der Waals surface area contributed by atoms with Crippen molar-refractivity contribution in [2.24, 2.45) is 0 Å². The van der Waals surface area contributed by atoms with Crippen molar-refractivity contribution in [3.8, 4) is 11.5 Å². The number of methoxy groups -OCH3 is 1. The van der Waals surface area contributed by atoms with Crippen LogP contribution in [0.15, 0.2) is 48.5 Å². The van der Waals surface area contributed by atoms with Crippen LogP contribution in [0.3, 0.4) is 0 Å². The van der Waals surface area contributed by atoms with Crippen LogP contribution >= 0.6 is 0 Å². The molecule has 2 aromatic carbocycles. The van der Waals surface area contributed by atoms with Gasteiger partial charge in [-0.1, -0.05) is 43.0 Å². The van der Waals surface area contributed by atoms with E-state index < -0.39 is 5.60 Å². The van der Waals surface area contributed by atoms with E-state index in [9.17, 15) is 9.90 Å². The molecule has 0 aliphatic heterocycles. The van der Waals surface area contributed by atoms with Gasteiger partial charge in [-0.15, -0.1) is 0 Å². The van der Waals surface area contributed by atoms with Crippen LogP contribution in [0.1, 0.15) is 55.7 Å². The largest absolute Gasteiger partial charge is 0.497 e. The highest BCUT2D eigenvalue weighted by molar-refractivity contribution is 5.85. The van der Waals surface area contributed by atoms with Gasteiger partial charge in [0, 0.05) is 12.5 Å². The monoisotopic (exact) mass is 380 g/mol. The van der Waals surface area contributed by atoms with Gasteiger partial charge in [0.25, 0.3) is 0 Å². The van der Waals surface area contributed by atoms with E-state index >= 15 is 0 Å². The molecule has 4 heteroatoms. The first-order valence-electron chi connectivity index (χ1n) is 9.79. The van der Waals surface area contributed by atoms with E-state index in [4.69, 9.17) is 9.47 Å². The average molecular weight is 380 g/mol. The lowest BCUT2D eigenvalue weighted by molar-refractivity contribution is -0.131. The third kappa shape index (κ3) is 4.82. The minimum absolute atomic E-state index is 0.365. The number of aryl methyl sites for hydroxylation is 1. The molecule has 0 heterocycles. The summed E-state index contributed by atoms with van der Waals surface area (Å²) in [7, 11) is 1.63. The van der Waals surface area contributed by atoms with Crippen LogP contribution in [0.4, 0.5) is 0 Å². The van der Waals surface area contributed by atoms with Crippen molar-refractivity contribution < 1.29 is 19.4 Å². The Balaban J connectivity index is 2.16. The number of esters is 1. The van der Waals surface area contributed by atoms with Gasteiger partial charge >= 0.3 is 5.97 Å². The first-order valence-corrected chi connectivity index (χ1v) is 9.79. The Kier molecular flexibility index (Phi) is 6.20. The fourth-order valence-corrected chi connectivity index (χ4v) is 3.76. The molecule has 0 amide bonds. The van der Waals surface area contributed by atoms with Gasteiger partial charge in [0.15, 0.2) is 0 Å². The van der Waals surface area contributed by atoms with Crippen molar-refractivity contribution in [3.63, 3.8) is 0 Å². The molecule has 4 nitrogen and oxygen atoms in total. The van der Waals surface area contributed by atoms with Crippen LogP contribution in [0.5, 0.6) is 11.5 Å². The number of aliphatic hydroxyl groups is 1. The number of benzene rings is 2. The van der Waals surface area contributed by atoms with Crippen LogP contribution in [-0.4, -0.2) is 23.8 Å². The quantitative estimate of drug-likeness (QED) is 0.582. The van der Waals surface area contributed by atoms with Gasteiger partial charge in [0.05, 0.1) is 12.7 Å². The molecular formula is C24H28O4. The zero-order valence-electron chi connectivity index (χ0n) is 16.8. The average Bonchev–Trinajstić information content (AvgIpc) is 2.68. The lowest BCUT2D eigenvalue weighted by atomic mass is 9.81. The Morgan fingerprint density at radius 2 is 1.75 bits per heavy atom. The molecule has 1 fully saturated rings. The summed E-state index contributed by atoms with van der Waals surface area (Å²) in [5.74, 6) is 0.902. The van der Waals surface area contributed by atoms with E-state index in [2.05, 4.69) is 0 Å². The van der Waals surface area contributed by atoms with Crippen molar-refractivity contribution in [2.75, 3.05) is 7.11 Å². The maximum atomic E-state index is 11.6. The number of carbonyl (C=O) groups is 1. The fourth-order valence-electron chi connectivity index (χ4n) is 3.76. The molecule has 1 aliphatic carbocycles. The van der Waals surface area contributed by atoms with Gasteiger partial charge in [0.1, 0.15) is 11.5 Å². The molecule has 0 bridgehead atoms. The predicted octanol–water partition coefficient (Wildman–Crippen LogP) is 5.06. The van der Waals surface area contributed by atoms with E-state index in [1.54, 1.807) is 7.11 Å². The van der Waals surface area contributed by atoms with Crippen LogP contribution in [0.25, 0.3) is 5.57 Å². The molecule has 1 N–H and O–H groups in total. The van der Waals surface area contributed by atoms with E-state index in [1.165, 1.54) is 6.92 Å². The summed E-state index contributed by atoms with van der Waals surface area (Å²) < 4.78 is 10.8. The maximum absolute atomic E-state index is 11.6. The summed E-state index contributed by atoms with van der Waals surface area (Å²) in [6.45, 7) is 3.40. The van der Waals surface area contributed by atoms with E-state index in [1.807, 2.05) is 55.5 Å². The molecule has 0 radical (unpaired) electrons. The summed E-state index contributed by atoms with van der Waals surface area (Å²) in [6, 6.07) is 13.5. The third-order valence-corrected chi connectivity index (χ3v) is 5.21. The maximum Gasteiger partial charge on any atom is 0.308 e. The Bertz CT molecular complexity index is 859. The molecule has 3 rings (SSSR count). The summed E-state index contributed by atoms with van der Waals surface area (Å²) in [6.07, 6.45) is 6.59. The minimum atomic E-state index is -0.856. The summed E-state index contributed by atoms with van der Waals surface area (Å²) in [5, 5.41) is 11.2. The number of ether oxygens (including phenoxy) is 2. The van der Waals surface area contributed by atoms with Crippen molar-refractivity contribution in [1.82, 2.24) is 0 Å². The summed E-state index contributed by atoms with van der Waals surface area (Å²) in [5.41, 5.74) is 2.82. The van der Waals surface area contributed by atoms with Crippen LogP contribution in [0, 0.1) is 6.92 Å². The second-order valence-electron chi connectivity index (χ2n) is 7.54. The SMILES string of the molecule is COc1ccc(/C(=C\C2(O)CCCCC2)c2cc(C)ccc2OC(C)=O)cc1. The highest BCUT2D eigenvalue weighted by atomic mass is 16.5. The van der Waals surface area contributed by atoms with Crippen LogP contribution in [-0.2, 0) is 4.79 Å². The Morgan fingerprint density at radius 3 is 2.36 bits per heavy atom. The van der Waals surface area contributed by atoms with E-state index in [0.717, 1.165) is 60.1 Å². The van der Waals surface area contributed by atoms with Crippen molar-refractivity contribution >= 4 is 11.5 Å². The van der Waals surface area contributed by atoms with Crippen LogP contribution < -0.4 is 9.47 Å². The summed E-state index contributed by atoms with van der Waals surface area (Å²) in [4.78, 5) is 11.6. The number of rotatable bonds is 5. The first-order chi connectivity index (χ1) is 13.4. The van der Waals surface area contributed by atoms with Gasteiger partial charge in [-0.25, -0.2) is 0 Å². The number of hydrogen-bond donors (Lipinski definition) is 1. The third-order valence-electron chi connectivity index (χ3n) is 5.21. The van der Waals surface area contributed by atoms with Crippen molar-refractivity contribution in [2.45, 2.75) is 51.6 Å². The van der Waals surface area contributed by atoms with Crippen molar-refractivity contribution in [1.29, 1.82) is 0 Å². The Labute approximate surface area is 166 Å². The predicted molar refractivity (Wildman–Crippen MR) is 111 cm³/mol. The number of hydrogen-bond acceptors (Lipinski definition) is 4. The fraction of sp³-hybridized carbons (Fsp3) is 0.375. The van der Waals surface area contributed by atoms with Crippen molar-refractivity contribution in [3.05, 3.63) is 65.2 Å². The normalized spacial score (nSPS) is 16.5. The standard InChI is InChI=1S/C24H28O4/c1-17-7-12-23(28-18(2)25)21(15-17)22(16-24(26)13-5-4-6-14-24)19-8-10-20(27-3)11-9-19/h7-12,15-16,26H,4-6,13-14H2,1-3H3/b22-16+. The molecule has 0 spiro atoms. The first kappa shape index (κ1) is 20.2. The van der Waals surface area contributed by atoms with Crippen LogP contribution in [0.2, 0.25) is 0 Å². The van der Waals surface area contributed by atoms with E-state index in [-0.39, 0.29) is 5.97 Å². The van der Waals surface area contributed by atoms with Gasteiger partial charge in [-0.2, -0.15) is 0 Å². The number of carbonyl (C=O) groups excluding carboxylic acids is 1. The second kappa shape index (κ2) is 8.61. The summed E-state index contributed by atoms with van der Waals surface area (Å²) >= 11 is 0. The van der Waals surface area contributed by atoms with Gasteiger partial charge in [-0.3, -0.25) is 4.79 Å². The molecule has 0 saturated heterocycles. The highest BCUT2D eigenvalue weighted by Gasteiger charge is 2.28. The van der Waals surface area contributed by atoms with E-state index in [0.29, 0.717) is 5.75 Å². The molecule has 0 unspecified atom stereocenters. The minimum Gasteiger partial charge on any atom is -0.497 e. The Hall–Kier alpha value is -2.59. The molecular weight excluding hydrogens is 352 g/mol. The van der Waals surface area contributed by atoms with Gasteiger partial charge in [0.2, 0.25) is 0 Å². The second-order valence-corrected chi connectivity index (χ2v) is 7.54. The topological polar surface area (TPSA) is 55.8 Å². The lowest BCUT2D eigenvalue weighted by Crippen LogP contribution is -2.29. The molecule has 1 aliphatic rings. The molecule has 148 valence electrons. The smallest absolute Gasteiger partial charge is 0.308 e. The van der Waals surface area contributed by atoms with Gasteiger partial charge < -0.3 is 14.6 Å². The lowest BCUT2D eigenvalue weighted by Gasteiger charge is -2.30. The molecule has 28 heavy (non-hydrogen) atoms. The molecule has 0 aromatic heterocycles. The Morgan fingerprint density at radius 1 is 1.07 bits per heavy atom.